The van der Waals surface area contributed by atoms with E-state index in [1.54, 1.807) is 12.3 Å². The molecule has 5 rings (SSSR count). The highest BCUT2D eigenvalue weighted by Crippen LogP contribution is 2.41. The Bertz CT molecular complexity index is 1200. The number of carbonyl (C=O) groups excluding carboxylic acids is 1. The maximum atomic E-state index is 12.9. The summed E-state index contributed by atoms with van der Waals surface area (Å²) in [5, 5.41) is 26.1. The van der Waals surface area contributed by atoms with Crippen LogP contribution in [0.3, 0.4) is 0 Å². The third-order valence-corrected chi connectivity index (χ3v) is 6.12. The number of halogens is 3. The minimum atomic E-state index is -4.56. The molecule has 2 bridgehead atoms. The van der Waals surface area contributed by atoms with Crippen molar-refractivity contribution in [2.24, 2.45) is 5.92 Å². The van der Waals surface area contributed by atoms with Gasteiger partial charge in [-0.25, -0.2) is 0 Å². The van der Waals surface area contributed by atoms with Gasteiger partial charge in [0.15, 0.2) is 5.82 Å². The summed E-state index contributed by atoms with van der Waals surface area (Å²) in [4.78, 5) is 16.0. The van der Waals surface area contributed by atoms with Crippen LogP contribution in [0, 0.1) is 5.92 Å². The maximum Gasteiger partial charge on any atom is 0.416 e. The molecule has 2 atom stereocenters. The molecule has 2 aliphatic rings. The molecule has 2 aromatic heterocycles. The quantitative estimate of drug-likeness (QED) is 0.587. The monoisotopic (exact) mass is 429 g/mol. The van der Waals surface area contributed by atoms with Gasteiger partial charge in [0.1, 0.15) is 11.4 Å². The van der Waals surface area contributed by atoms with Gasteiger partial charge in [-0.2, -0.15) is 13.2 Å². The van der Waals surface area contributed by atoms with Crippen LogP contribution in [0.2, 0.25) is 0 Å². The van der Waals surface area contributed by atoms with E-state index in [4.69, 9.17) is 0 Å². The van der Waals surface area contributed by atoms with E-state index in [0.717, 1.165) is 25.3 Å². The lowest BCUT2D eigenvalue weighted by Crippen LogP contribution is -2.48. The van der Waals surface area contributed by atoms with Gasteiger partial charge in [0.05, 0.1) is 11.1 Å². The fraction of sp³-hybridized carbons (Fsp3) is 0.333. The lowest BCUT2D eigenvalue weighted by Gasteiger charge is -2.28. The Morgan fingerprint density at radius 3 is 2.74 bits per heavy atom. The summed E-state index contributed by atoms with van der Waals surface area (Å²) >= 11 is 0. The molecule has 3 aromatic rings. The van der Waals surface area contributed by atoms with Crippen LogP contribution >= 0.6 is 0 Å². The number of hydrogen-bond acceptors (Lipinski definition) is 6. The number of alkyl halides is 3. The topological polar surface area (TPSA) is 100 Å². The molecule has 10 heteroatoms. The number of nitrogens with zero attached hydrogens (tertiary/aromatic N) is 3. The lowest BCUT2D eigenvalue weighted by molar-refractivity contribution is -0.137. The molecule has 2 fully saturated rings. The molecule has 0 unspecified atom stereocenters. The van der Waals surface area contributed by atoms with Crippen molar-refractivity contribution in [2.75, 3.05) is 11.9 Å². The number of aromatic nitrogens is 3. The third-order valence-electron chi connectivity index (χ3n) is 6.12. The van der Waals surface area contributed by atoms with Crippen LogP contribution in [0.25, 0.3) is 22.0 Å². The molecule has 3 N–H and O–H groups in total. The standard InChI is InChI=1S/C21H18F3N5O2/c22-21(23,24)12-1-2-14(16(30)7-12)17-13-4-6-25-9-15(13)18(29-28-17)26-10-20-5-3-11(8-20)19(31)27-20/h1-2,4,6-7,9,11,30H,3,5,8,10H2,(H,26,29)(H,27,31)/t11-,20+/m0/s1. The van der Waals surface area contributed by atoms with E-state index < -0.39 is 17.5 Å². The summed E-state index contributed by atoms with van der Waals surface area (Å²) in [5.74, 6) is 0.0693. The summed E-state index contributed by atoms with van der Waals surface area (Å²) in [7, 11) is 0. The van der Waals surface area contributed by atoms with Crippen LogP contribution in [-0.2, 0) is 11.0 Å². The fourth-order valence-corrected chi connectivity index (χ4v) is 4.52. The van der Waals surface area contributed by atoms with E-state index in [-0.39, 0.29) is 28.6 Å². The second-order valence-corrected chi connectivity index (χ2v) is 8.11. The molecule has 0 radical (unpaired) electrons. The average molecular weight is 429 g/mol. The van der Waals surface area contributed by atoms with Crippen molar-refractivity contribution in [2.45, 2.75) is 31.0 Å². The number of carbonyl (C=O) groups is 1. The normalized spacial score (nSPS) is 22.7. The molecule has 1 amide bonds. The number of benzene rings is 1. The van der Waals surface area contributed by atoms with E-state index in [1.807, 2.05) is 0 Å². The highest BCUT2D eigenvalue weighted by Gasteiger charge is 2.49. The number of amides is 1. The highest BCUT2D eigenvalue weighted by atomic mass is 19.4. The summed E-state index contributed by atoms with van der Waals surface area (Å²) in [6.07, 6.45) is 1.09. The number of phenols is 1. The highest BCUT2D eigenvalue weighted by molar-refractivity contribution is 6.00. The molecule has 1 saturated heterocycles. The van der Waals surface area contributed by atoms with Gasteiger partial charge in [0, 0.05) is 41.2 Å². The summed E-state index contributed by atoms with van der Waals surface area (Å²) in [6.45, 7) is 0.485. The summed E-state index contributed by atoms with van der Waals surface area (Å²) < 4.78 is 38.8. The van der Waals surface area contributed by atoms with Gasteiger partial charge in [-0.05, 0) is 43.5 Å². The fourth-order valence-electron chi connectivity index (χ4n) is 4.52. The average Bonchev–Trinajstić information content (AvgIpc) is 3.29. The number of anilines is 1. The second kappa shape index (κ2) is 6.79. The zero-order valence-corrected chi connectivity index (χ0v) is 16.2. The second-order valence-electron chi connectivity index (χ2n) is 8.11. The number of nitrogens with one attached hydrogen (secondary N) is 2. The molecule has 7 nitrogen and oxygen atoms in total. The van der Waals surface area contributed by atoms with E-state index in [9.17, 15) is 23.1 Å². The lowest BCUT2D eigenvalue weighted by atomic mass is 9.99. The molecule has 1 aliphatic carbocycles. The van der Waals surface area contributed by atoms with Gasteiger partial charge < -0.3 is 15.7 Å². The van der Waals surface area contributed by atoms with Gasteiger partial charge >= 0.3 is 6.18 Å². The number of rotatable bonds is 4. The van der Waals surface area contributed by atoms with E-state index in [0.29, 0.717) is 29.2 Å². The Kier molecular flexibility index (Phi) is 4.28. The van der Waals surface area contributed by atoms with Crippen molar-refractivity contribution in [1.82, 2.24) is 20.5 Å². The summed E-state index contributed by atoms with van der Waals surface area (Å²) in [5.41, 5.74) is -0.854. The third kappa shape index (κ3) is 3.31. The Labute approximate surface area is 174 Å². The SMILES string of the molecule is O=C1N[C@]2(CNc3nnc(-c4ccc(C(F)(F)F)cc4O)c4ccncc34)CC[C@H]1C2. The zero-order valence-electron chi connectivity index (χ0n) is 16.2. The van der Waals surface area contributed by atoms with Crippen molar-refractivity contribution in [1.29, 1.82) is 0 Å². The number of hydrogen-bond donors (Lipinski definition) is 3. The van der Waals surface area contributed by atoms with Crippen molar-refractivity contribution in [3.05, 3.63) is 42.2 Å². The molecule has 160 valence electrons. The molecule has 1 aromatic carbocycles. The molecular weight excluding hydrogens is 411 g/mol. The van der Waals surface area contributed by atoms with Gasteiger partial charge in [-0.1, -0.05) is 0 Å². The summed E-state index contributed by atoms with van der Waals surface area (Å²) in [6, 6.07) is 4.42. The van der Waals surface area contributed by atoms with Gasteiger partial charge in [-0.3, -0.25) is 9.78 Å². The van der Waals surface area contributed by atoms with E-state index in [2.05, 4.69) is 25.8 Å². The smallest absolute Gasteiger partial charge is 0.416 e. The van der Waals surface area contributed by atoms with Crippen LogP contribution in [0.1, 0.15) is 24.8 Å². The van der Waals surface area contributed by atoms with Crippen LogP contribution < -0.4 is 10.6 Å². The van der Waals surface area contributed by atoms with Crippen molar-refractivity contribution in [3.63, 3.8) is 0 Å². The first-order chi connectivity index (χ1) is 14.8. The number of fused-ring (bicyclic) bond motifs is 3. The minimum Gasteiger partial charge on any atom is -0.507 e. The number of aromatic hydroxyl groups is 1. The first kappa shape index (κ1) is 19.5. The van der Waals surface area contributed by atoms with E-state index in [1.165, 1.54) is 12.3 Å². The Hall–Kier alpha value is -3.43. The first-order valence-electron chi connectivity index (χ1n) is 9.83. The van der Waals surface area contributed by atoms with Gasteiger partial charge in [0.2, 0.25) is 5.91 Å². The maximum absolute atomic E-state index is 12.9. The minimum absolute atomic E-state index is 0.0660. The predicted molar refractivity (Wildman–Crippen MR) is 106 cm³/mol. The molecule has 0 spiro atoms. The Morgan fingerprint density at radius 2 is 2.06 bits per heavy atom. The molecule has 1 saturated carbocycles. The van der Waals surface area contributed by atoms with Crippen LogP contribution in [0.4, 0.5) is 19.0 Å². The largest absolute Gasteiger partial charge is 0.507 e. The first-order valence-corrected chi connectivity index (χ1v) is 9.83. The van der Waals surface area contributed by atoms with Crippen molar-refractivity contribution >= 4 is 22.5 Å². The van der Waals surface area contributed by atoms with Gasteiger partial charge in [0.25, 0.3) is 0 Å². The van der Waals surface area contributed by atoms with Crippen molar-refractivity contribution < 1.29 is 23.1 Å². The Balaban J connectivity index is 1.49. The number of pyridine rings is 1. The Morgan fingerprint density at radius 1 is 1.23 bits per heavy atom. The number of phenolic OH excluding ortho intramolecular Hbond substituents is 1. The zero-order chi connectivity index (χ0) is 21.8. The van der Waals surface area contributed by atoms with Crippen LogP contribution in [0.5, 0.6) is 5.75 Å². The number of piperidine rings is 1. The predicted octanol–water partition coefficient (Wildman–Crippen LogP) is 3.50. The molecule has 31 heavy (non-hydrogen) atoms. The van der Waals surface area contributed by atoms with Crippen LogP contribution in [0.15, 0.2) is 36.7 Å². The molecular formula is C21H18F3N5O2. The van der Waals surface area contributed by atoms with Crippen molar-refractivity contribution in [3.8, 4) is 17.0 Å². The van der Waals surface area contributed by atoms with E-state index >= 15 is 0 Å². The molecule has 3 heterocycles. The van der Waals surface area contributed by atoms with Crippen LogP contribution in [-0.4, -0.2) is 38.3 Å². The van der Waals surface area contributed by atoms with Gasteiger partial charge in [-0.15, -0.1) is 10.2 Å². The molecule has 1 aliphatic heterocycles.